The van der Waals surface area contributed by atoms with Gasteiger partial charge in [0.2, 0.25) is 5.91 Å². The Labute approximate surface area is 116 Å². The minimum Gasteiger partial charge on any atom is -0.326 e. The van der Waals surface area contributed by atoms with Crippen LogP contribution in [0.4, 0.5) is 11.5 Å². The largest absolute Gasteiger partial charge is 0.326 e. The quantitative estimate of drug-likeness (QED) is 0.903. The van der Waals surface area contributed by atoms with Gasteiger partial charge >= 0.3 is 0 Å². The molecule has 1 aliphatic heterocycles. The van der Waals surface area contributed by atoms with E-state index in [-0.39, 0.29) is 11.8 Å². The fraction of sp³-hybridized carbons (Fsp3) is 0.133. The first kappa shape index (κ1) is 12.3. The van der Waals surface area contributed by atoms with Crippen molar-refractivity contribution in [1.82, 2.24) is 4.98 Å². The van der Waals surface area contributed by atoms with Crippen LogP contribution >= 0.6 is 0 Å². The Morgan fingerprint density at radius 2 is 2.15 bits per heavy atom. The molecule has 0 bridgehead atoms. The summed E-state index contributed by atoms with van der Waals surface area (Å²) in [6.07, 6.45) is 1.97. The van der Waals surface area contributed by atoms with Crippen LogP contribution in [0.15, 0.2) is 42.6 Å². The number of carbonyl (C=O) groups is 2. The molecule has 3 rings (SSSR count). The van der Waals surface area contributed by atoms with Gasteiger partial charge in [0.05, 0.1) is 6.42 Å². The highest BCUT2D eigenvalue weighted by Gasteiger charge is 2.21. The summed E-state index contributed by atoms with van der Waals surface area (Å²) in [5, 5.41) is 2.75. The van der Waals surface area contributed by atoms with Crippen molar-refractivity contribution in [3.8, 4) is 0 Å². The highest BCUT2D eigenvalue weighted by atomic mass is 16.2. The van der Waals surface area contributed by atoms with Crippen LogP contribution in [-0.2, 0) is 11.2 Å². The van der Waals surface area contributed by atoms with E-state index in [2.05, 4.69) is 10.3 Å². The molecular weight excluding hydrogens is 254 g/mol. The van der Waals surface area contributed by atoms with E-state index in [4.69, 9.17) is 0 Å². The van der Waals surface area contributed by atoms with E-state index in [0.29, 0.717) is 17.8 Å². The normalized spacial score (nSPS) is 12.8. The zero-order chi connectivity index (χ0) is 14.1. The maximum absolute atomic E-state index is 12.4. The smallest absolute Gasteiger partial charge is 0.259 e. The summed E-state index contributed by atoms with van der Waals surface area (Å²) in [4.78, 5) is 29.4. The first-order chi connectivity index (χ1) is 9.65. The molecule has 1 aromatic carbocycles. The number of nitrogens with one attached hydrogen (secondary N) is 1. The summed E-state index contributed by atoms with van der Waals surface area (Å²) in [6, 6.07) is 10.6. The number of aromatic nitrogens is 1. The monoisotopic (exact) mass is 267 g/mol. The summed E-state index contributed by atoms with van der Waals surface area (Å²) in [5.41, 5.74) is 2.19. The molecular formula is C15H13N3O2. The Hall–Kier alpha value is -2.69. The lowest BCUT2D eigenvalue weighted by Crippen LogP contribution is -2.27. The molecule has 1 aromatic heterocycles. The standard InChI is InChI=1S/C15H13N3O2/c1-18(13-4-2-3-7-16-13)15(20)10-5-6-12-11(8-10)9-14(19)17-12/h2-8H,9H2,1H3,(H,17,19). The maximum atomic E-state index is 12.4. The fourth-order valence-corrected chi connectivity index (χ4v) is 2.21. The van der Waals surface area contributed by atoms with E-state index in [1.165, 1.54) is 4.90 Å². The Kier molecular flexibility index (Phi) is 2.95. The van der Waals surface area contributed by atoms with Crippen LogP contribution in [0, 0.1) is 0 Å². The minimum atomic E-state index is -0.147. The van der Waals surface area contributed by atoms with Crippen molar-refractivity contribution in [2.75, 3.05) is 17.3 Å². The van der Waals surface area contributed by atoms with Crippen LogP contribution in [0.1, 0.15) is 15.9 Å². The third-order valence-corrected chi connectivity index (χ3v) is 3.27. The Morgan fingerprint density at radius 1 is 1.30 bits per heavy atom. The van der Waals surface area contributed by atoms with Crippen LogP contribution in [0.2, 0.25) is 0 Å². The predicted molar refractivity (Wildman–Crippen MR) is 75.7 cm³/mol. The number of rotatable bonds is 2. The van der Waals surface area contributed by atoms with Crippen molar-refractivity contribution in [2.45, 2.75) is 6.42 Å². The molecule has 0 unspecified atom stereocenters. The Morgan fingerprint density at radius 3 is 2.90 bits per heavy atom. The number of anilines is 2. The maximum Gasteiger partial charge on any atom is 0.259 e. The van der Waals surface area contributed by atoms with Gasteiger partial charge in [-0.25, -0.2) is 4.98 Å². The van der Waals surface area contributed by atoms with Crippen molar-refractivity contribution in [1.29, 1.82) is 0 Å². The molecule has 1 aliphatic rings. The molecule has 0 spiro atoms. The van der Waals surface area contributed by atoms with Crippen molar-refractivity contribution in [3.05, 3.63) is 53.7 Å². The van der Waals surface area contributed by atoms with Crippen molar-refractivity contribution >= 4 is 23.3 Å². The van der Waals surface area contributed by atoms with E-state index < -0.39 is 0 Å². The van der Waals surface area contributed by atoms with Gasteiger partial charge in [0.1, 0.15) is 5.82 Å². The van der Waals surface area contributed by atoms with Gasteiger partial charge in [-0.15, -0.1) is 0 Å². The third-order valence-electron chi connectivity index (χ3n) is 3.27. The lowest BCUT2D eigenvalue weighted by molar-refractivity contribution is -0.115. The second kappa shape index (κ2) is 4.77. The first-order valence-electron chi connectivity index (χ1n) is 6.27. The van der Waals surface area contributed by atoms with Crippen LogP contribution in [-0.4, -0.2) is 23.8 Å². The average Bonchev–Trinajstić information content (AvgIpc) is 2.85. The number of amides is 2. The summed E-state index contributed by atoms with van der Waals surface area (Å²) in [6.45, 7) is 0. The van der Waals surface area contributed by atoms with E-state index in [1.807, 2.05) is 6.07 Å². The summed E-state index contributed by atoms with van der Waals surface area (Å²) in [7, 11) is 1.68. The van der Waals surface area contributed by atoms with E-state index >= 15 is 0 Å². The SMILES string of the molecule is CN(C(=O)c1ccc2c(c1)CC(=O)N2)c1ccccn1. The van der Waals surface area contributed by atoms with Crippen molar-refractivity contribution in [2.24, 2.45) is 0 Å². The molecule has 0 saturated carbocycles. The number of pyridine rings is 1. The fourth-order valence-electron chi connectivity index (χ4n) is 2.21. The van der Waals surface area contributed by atoms with Gasteiger partial charge in [-0.3, -0.25) is 14.5 Å². The van der Waals surface area contributed by atoms with E-state index in [0.717, 1.165) is 11.3 Å². The Bertz CT molecular complexity index is 683. The minimum absolute atomic E-state index is 0.0392. The molecule has 2 heterocycles. The molecule has 1 N–H and O–H groups in total. The Balaban J connectivity index is 1.88. The molecule has 0 atom stereocenters. The molecule has 0 saturated heterocycles. The topological polar surface area (TPSA) is 62.3 Å². The van der Waals surface area contributed by atoms with Gasteiger partial charge in [0.25, 0.3) is 5.91 Å². The van der Waals surface area contributed by atoms with Crippen molar-refractivity contribution < 1.29 is 9.59 Å². The average molecular weight is 267 g/mol. The second-order valence-corrected chi connectivity index (χ2v) is 4.65. The molecule has 0 radical (unpaired) electrons. The number of nitrogens with zero attached hydrogens (tertiary/aromatic N) is 2. The highest BCUT2D eigenvalue weighted by molar-refractivity contribution is 6.07. The number of hydrogen-bond acceptors (Lipinski definition) is 3. The van der Waals surface area contributed by atoms with Crippen LogP contribution in [0.5, 0.6) is 0 Å². The van der Waals surface area contributed by atoms with Crippen molar-refractivity contribution in [3.63, 3.8) is 0 Å². The lowest BCUT2D eigenvalue weighted by atomic mass is 10.1. The number of hydrogen-bond donors (Lipinski definition) is 1. The van der Waals surface area contributed by atoms with Gasteiger partial charge in [-0.1, -0.05) is 6.07 Å². The molecule has 100 valence electrons. The summed E-state index contributed by atoms with van der Waals surface area (Å²) >= 11 is 0. The van der Waals surface area contributed by atoms with Gasteiger partial charge in [-0.05, 0) is 35.9 Å². The van der Waals surface area contributed by atoms with Crippen LogP contribution < -0.4 is 10.2 Å². The number of carbonyl (C=O) groups excluding carboxylic acids is 2. The van der Waals surface area contributed by atoms with Gasteiger partial charge < -0.3 is 5.32 Å². The zero-order valence-electron chi connectivity index (χ0n) is 11.0. The number of benzene rings is 1. The van der Waals surface area contributed by atoms with E-state index in [9.17, 15) is 9.59 Å². The molecule has 20 heavy (non-hydrogen) atoms. The van der Waals surface area contributed by atoms with Crippen LogP contribution in [0.25, 0.3) is 0 Å². The predicted octanol–water partition coefficient (Wildman–Crippen LogP) is 1.85. The summed E-state index contributed by atoms with van der Waals surface area (Å²) < 4.78 is 0. The zero-order valence-corrected chi connectivity index (χ0v) is 11.0. The summed E-state index contributed by atoms with van der Waals surface area (Å²) in [5.74, 6) is 0.403. The molecule has 2 aromatic rings. The molecule has 2 amide bonds. The highest BCUT2D eigenvalue weighted by Crippen LogP contribution is 2.24. The number of fused-ring (bicyclic) bond motifs is 1. The molecule has 5 nitrogen and oxygen atoms in total. The molecule has 0 fully saturated rings. The third kappa shape index (κ3) is 2.14. The van der Waals surface area contributed by atoms with Crippen LogP contribution in [0.3, 0.4) is 0 Å². The molecule has 5 heteroatoms. The van der Waals surface area contributed by atoms with Gasteiger partial charge in [0.15, 0.2) is 0 Å². The van der Waals surface area contributed by atoms with E-state index in [1.54, 1.807) is 43.6 Å². The van der Waals surface area contributed by atoms with Gasteiger partial charge in [-0.2, -0.15) is 0 Å². The lowest BCUT2D eigenvalue weighted by Gasteiger charge is -2.16. The van der Waals surface area contributed by atoms with Gasteiger partial charge in [0, 0.05) is 24.5 Å². The molecule has 0 aliphatic carbocycles. The first-order valence-corrected chi connectivity index (χ1v) is 6.27. The second-order valence-electron chi connectivity index (χ2n) is 4.65.